The summed E-state index contributed by atoms with van der Waals surface area (Å²) in [4.78, 5) is 14.4. The number of carbonyl (C=O) groups is 1. The van der Waals surface area contributed by atoms with Gasteiger partial charge in [0.25, 0.3) is 5.91 Å². The second kappa shape index (κ2) is 8.00. The van der Waals surface area contributed by atoms with Crippen LogP contribution in [0.15, 0.2) is 24.3 Å². The van der Waals surface area contributed by atoms with E-state index in [4.69, 9.17) is 9.47 Å². The number of aryl methyl sites for hydroxylation is 1. The first-order valence-electron chi connectivity index (χ1n) is 8.89. The summed E-state index contributed by atoms with van der Waals surface area (Å²) in [5.74, 6) is 1.73. The Balaban J connectivity index is 1.75. The smallest absolute Gasteiger partial charge is 0.261 e. The number of fused-ring (bicyclic) bond motifs is 1. The van der Waals surface area contributed by atoms with Crippen molar-refractivity contribution in [1.29, 1.82) is 0 Å². The van der Waals surface area contributed by atoms with Crippen LogP contribution in [0.3, 0.4) is 0 Å². The van der Waals surface area contributed by atoms with Crippen molar-refractivity contribution >= 4 is 27.5 Å². The van der Waals surface area contributed by atoms with E-state index in [9.17, 15) is 4.79 Å². The molecule has 0 atom stereocenters. The van der Waals surface area contributed by atoms with Gasteiger partial charge in [-0.15, -0.1) is 11.3 Å². The molecule has 7 heteroatoms. The summed E-state index contributed by atoms with van der Waals surface area (Å²) in [7, 11) is 3.20. The molecule has 3 aromatic rings. The predicted molar refractivity (Wildman–Crippen MR) is 108 cm³/mol. The number of methoxy groups -OCH3 is 2. The van der Waals surface area contributed by atoms with Gasteiger partial charge in [-0.2, -0.15) is 5.10 Å². The highest BCUT2D eigenvalue weighted by atomic mass is 32.1. The van der Waals surface area contributed by atoms with Gasteiger partial charge in [0.05, 0.1) is 24.8 Å². The fraction of sp³-hybridized carbons (Fsp3) is 0.400. The van der Waals surface area contributed by atoms with Crippen LogP contribution in [-0.4, -0.2) is 29.9 Å². The molecule has 144 valence electrons. The second-order valence-corrected chi connectivity index (χ2v) is 7.89. The number of amides is 1. The predicted octanol–water partition coefficient (Wildman–Crippen LogP) is 4.01. The van der Waals surface area contributed by atoms with Gasteiger partial charge in [0.1, 0.15) is 4.83 Å². The minimum absolute atomic E-state index is 0.0820. The van der Waals surface area contributed by atoms with Crippen molar-refractivity contribution in [3.63, 3.8) is 0 Å². The maximum atomic E-state index is 12.6. The summed E-state index contributed by atoms with van der Waals surface area (Å²) in [6.45, 7) is 7.57. The minimum atomic E-state index is -0.0820. The number of aromatic nitrogens is 2. The third kappa shape index (κ3) is 4.08. The Kier molecular flexibility index (Phi) is 5.70. The van der Waals surface area contributed by atoms with Crippen molar-refractivity contribution in [1.82, 2.24) is 15.1 Å². The van der Waals surface area contributed by atoms with Crippen LogP contribution in [-0.2, 0) is 13.1 Å². The average molecular weight is 388 g/mol. The van der Waals surface area contributed by atoms with E-state index in [1.54, 1.807) is 14.2 Å². The highest BCUT2D eigenvalue weighted by Crippen LogP contribution is 2.30. The number of ether oxygens (including phenoxy) is 2. The number of nitrogens with one attached hydrogen (secondary N) is 1. The van der Waals surface area contributed by atoms with E-state index in [0.717, 1.165) is 28.0 Å². The molecule has 2 heterocycles. The summed E-state index contributed by atoms with van der Waals surface area (Å²) in [5, 5.41) is 8.62. The van der Waals surface area contributed by atoms with Crippen LogP contribution in [0.25, 0.3) is 10.2 Å². The van der Waals surface area contributed by atoms with Crippen molar-refractivity contribution in [3.8, 4) is 11.5 Å². The molecule has 27 heavy (non-hydrogen) atoms. The van der Waals surface area contributed by atoms with E-state index < -0.39 is 0 Å². The molecule has 3 rings (SSSR count). The Labute approximate surface area is 163 Å². The standard InChI is InChI=1S/C20H25N3O3S/c1-12(2)11-23-20-15(13(3)22-23)9-18(27-20)19(24)21-10-14-6-7-16(25-4)17(8-14)26-5/h6-9,12H,10-11H2,1-5H3,(H,21,24). The van der Waals surface area contributed by atoms with Gasteiger partial charge < -0.3 is 14.8 Å². The number of hydrogen-bond donors (Lipinski definition) is 1. The summed E-state index contributed by atoms with van der Waals surface area (Å²) >= 11 is 1.49. The van der Waals surface area contributed by atoms with Crippen molar-refractivity contribution in [2.75, 3.05) is 14.2 Å². The molecule has 0 fully saturated rings. The maximum Gasteiger partial charge on any atom is 0.261 e. The zero-order chi connectivity index (χ0) is 19.6. The molecule has 1 amide bonds. The Morgan fingerprint density at radius 2 is 1.96 bits per heavy atom. The molecule has 0 bridgehead atoms. The number of hydrogen-bond acceptors (Lipinski definition) is 5. The van der Waals surface area contributed by atoms with Crippen LogP contribution < -0.4 is 14.8 Å². The molecule has 6 nitrogen and oxygen atoms in total. The summed E-state index contributed by atoms with van der Waals surface area (Å²) < 4.78 is 12.6. The first-order chi connectivity index (χ1) is 12.9. The lowest BCUT2D eigenvalue weighted by molar-refractivity contribution is 0.0955. The topological polar surface area (TPSA) is 65.4 Å². The number of carbonyl (C=O) groups excluding carboxylic acids is 1. The van der Waals surface area contributed by atoms with Gasteiger partial charge in [-0.25, -0.2) is 0 Å². The number of thiophene rings is 1. The van der Waals surface area contributed by atoms with Gasteiger partial charge >= 0.3 is 0 Å². The Hall–Kier alpha value is -2.54. The van der Waals surface area contributed by atoms with Crippen LogP contribution in [0.2, 0.25) is 0 Å². The SMILES string of the molecule is COc1ccc(CNC(=O)c2cc3c(C)nn(CC(C)C)c3s2)cc1OC. The molecule has 1 aromatic carbocycles. The van der Waals surface area contributed by atoms with Gasteiger partial charge in [-0.1, -0.05) is 19.9 Å². The Bertz CT molecular complexity index is 959. The number of benzene rings is 1. The molecule has 0 aliphatic carbocycles. The molecule has 0 aliphatic heterocycles. The van der Waals surface area contributed by atoms with Crippen LogP contribution in [0.4, 0.5) is 0 Å². The van der Waals surface area contributed by atoms with Crippen LogP contribution in [0.1, 0.15) is 34.8 Å². The lowest BCUT2D eigenvalue weighted by Crippen LogP contribution is -2.21. The van der Waals surface area contributed by atoms with Crippen molar-refractivity contribution in [3.05, 3.63) is 40.4 Å². The molecular weight excluding hydrogens is 362 g/mol. The summed E-state index contributed by atoms with van der Waals surface area (Å²) in [6, 6.07) is 7.55. The molecule has 1 N–H and O–H groups in total. The zero-order valence-electron chi connectivity index (χ0n) is 16.3. The van der Waals surface area contributed by atoms with Crippen molar-refractivity contribution < 1.29 is 14.3 Å². The first kappa shape index (κ1) is 19.2. The quantitative estimate of drug-likeness (QED) is 0.665. The average Bonchev–Trinajstić information content (AvgIpc) is 3.20. The van der Waals surface area contributed by atoms with Gasteiger partial charge in [0, 0.05) is 18.5 Å². The van der Waals surface area contributed by atoms with E-state index >= 15 is 0 Å². The highest BCUT2D eigenvalue weighted by Gasteiger charge is 2.17. The third-order valence-electron chi connectivity index (χ3n) is 4.27. The van der Waals surface area contributed by atoms with E-state index in [0.29, 0.717) is 28.8 Å². The molecular formula is C20H25N3O3S. The lowest BCUT2D eigenvalue weighted by Gasteiger charge is -2.10. The summed E-state index contributed by atoms with van der Waals surface area (Å²) in [5.41, 5.74) is 1.91. The second-order valence-electron chi connectivity index (χ2n) is 6.86. The molecule has 0 unspecified atom stereocenters. The highest BCUT2D eigenvalue weighted by molar-refractivity contribution is 7.20. The number of rotatable bonds is 7. The summed E-state index contributed by atoms with van der Waals surface area (Å²) in [6.07, 6.45) is 0. The minimum Gasteiger partial charge on any atom is -0.493 e. The largest absolute Gasteiger partial charge is 0.493 e. The number of nitrogens with zero attached hydrogens (tertiary/aromatic N) is 2. The van der Waals surface area contributed by atoms with E-state index in [2.05, 4.69) is 24.3 Å². The van der Waals surface area contributed by atoms with Crippen LogP contribution in [0.5, 0.6) is 11.5 Å². The fourth-order valence-electron chi connectivity index (χ4n) is 2.95. The molecule has 0 spiro atoms. The molecule has 0 saturated carbocycles. The van der Waals surface area contributed by atoms with Gasteiger partial charge in [0.2, 0.25) is 0 Å². The molecule has 0 saturated heterocycles. The molecule has 0 radical (unpaired) electrons. The van der Waals surface area contributed by atoms with Gasteiger partial charge in [0.15, 0.2) is 11.5 Å². The maximum absolute atomic E-state index is 12.6. The van der Waals surface area contributed by atoms with E-state index in [1.165, 1.54) is 11.3 Å². The fourth-order valence-corrected chi connectivity index (χ4v) is 4.04. The zero-order valence-corrected chi connectivity index (χ0v) is 17.1. The lowest BCUT2D eigenvalue weighted by atomic mass is 10.2. The van der Waals surface area contributed by atoms with Crippen LogP contribution >= 0.6 is 11.3 Å². The normalized spacial score (nSPS) is 11.2. The van der Waals surface area contributed by atoms with E-state index in [1.807, 2.05) is 35.9 Å². The van der Waals surface area contributed by atoms with Crippen molar-refractivity contribution in [2.45, 2.75) is 33.9 Å². The van der Waals surface area contributed by atoms with E-state index in [-0.39, 0.29) is 5.91 Å². The molecule has 0 aliphatic rings. The Morgan fingerprint density at radius 3 is 2.63 bits per heavy atom. The Morgan fingerprint density at radius 1 is 1.22 bits per heavy atom. The monoisotopic (exact) mass is 387 g/mol. The van der Waals surface area contributed by atoms with Crippen molar-refractivity contribution in [2.24, 2.45) is 5.92 Å². The van der Waals surface area contributed by atoms with Gasteiger partial charge in [-0.3, -0.25) is 9.48 Å². The first-order valence-corrected chi connectivity index (χ1v) is 9.70. The van der Waals surface area contributed by atoms with Gasteiger partial charge in [-0.05, 0) is 36.6 Å². The van der Waals surface area contributed by atoms with Crippen LogP contribution in [0, 0.1) is 12.8 Å². The third-order valence-corrected chi connectivity index (χ3v) is 5.42. The molecule has 2 aromatic heterocycles.